The number of hydrogen-bond donors (Lipinski definition) is 0. The van der Waals surface area contributed by atoms with Crippen molar-refractivity contribution in [2.75, 3.05) is 7.11 Å². The molecule has 1 aromatic rings. The average Bonchev–Trinajstić information content (AvgIpc) is 2.17. The lowest BCUT2D eigenvalue weighted by Gasteiger charge is -2.03. The minimum Gasteiger partial charge on any atom is -0.550 e. The number of Topliss-reactive ketones (excluding diaryl/α,β-unsaturated/α-hetero) is 1. The van der Waals surface area contributed by atoms with Gasteiger partial charge in [0.1, 0.15) is 5.75 Å². The summed E-state index contributed by atoms with van der Waals surface area (Å²) < 4.78 is 4.89. The smallest absolute Gasteiger partial charge is 0.168 e. The summed E-state index contributed by atoms with van der Waals surface area (Å²) in [7, 11) is 1.51. The van der Waals surface area contributed by atoms with E-state index in [1.807, 2.05) is 0 Å². The van der Waals surface area contributed by atoms with E-state index in [4.69, 9.17) is 4.74 Å². The number of aliphatic carboxylic acids is 1. The standard InChI is InChI=1S/C10H10O4/c1-14-8-4-2-7(3-5-8)9(11)6-10(12)13/h2-5H,6H2,1H3,(H,12,13)/p-1. The van der Waals surface area contributed by atoms with Crippen LogP contribution in [0.15, 0.2) is 24.3 Å². The van der Waals surface area contributed by atoms with Crippen LogP contribution in [0.2, 0.25) is 0 Å². The van der Waals surface area contributed by atoms with Gasteiger partial charge in [-0.25, -0.2) is 0 Å². The zero-order valence-electron chi connectivity index (χ0n) is 7.65. The second-order valence-corrected chi connectivity index (χ2v) is 2.70. The van der Waals surface area contributed by atoms with Crippen LogP contribution in [0.1, 0.15) is 16.8 Å². The normalized spacial score (nSPS) is 9.50. The van der Waals surface area contributed by atoms with Crippen molar-refractivity contribution in [2.24, 2.45) is 0 Å². The second kappa shape index (κ2) is 4.41. The molecule has 0 saturated heterocycles. The summed E-state index contributed by atoms with van der Waals surface area (Å²) in [6.07, 6.45) is -0.591. The minimum atomic E-state index is -1.37. The van der Waals surface area contributed by atoms with Gasteiger partial charge in [0.15, 0.2) is 5.78 Å². The molecule has 0 heterocycles. The van der Waals surface area contributed by atoms with Gasteiger partial charge in [-0.3, -0.25) is 4.79 Å². The van der Waals surface area contributed by atoms with Crippen molar-refractivity contribution in [3.8, 4) is 5.75 Å². The van der Waals surface area contributed by atoms with Gasteiger partial charge in [-0.1, -0.05) is 0 Å². The fourth-order valence-electron chi connectivity index (χ4n) is 1.01. The molecule has 0 unspecified atom stereocenters. The summed E-state index contributed by atoms with van der Waals surface area (Å²) >= 11 is 0. The molecule has 1 aromatic carbocycles. The molecule has 0 amide bonds. The molecule has 0 radical (unpaired) electrons. The Hall–Kier alpha value is -1.84. The molecule has 0 spiro atoms. The third-order valence-electron chi connectivity index (χ3n) is 1.72. The minimum absolute atomic E-state index is 0.343. The van der Waals surface area contributed by atoms with Crippen molar-refractivity contribution < 1.29 is 19.4 Å². The van der Waals surface area contributed by atoms with Crippen LogP contribution in [0.25, 0.3) is 0 Å². The number of carboxylic acid groups (broad SMARTS) is 1. The highest BCUT2D eigenvalue weighted by Crippen LogP contribution is 2.12. The van der Waals surface area contributed by atoms with Gasteiger partial charge in [-0.05, 0) is 24.3 Å². The van der Waals surface area contributed by atoms with Gasteiger partial charge in [0, 0.05) is 11.5 Å². The Balaban J connectivity index is 2.76. The molecular weight excluding hydrogens is 184 g/mol. The maximum Gasteiger partial charge on any atom is 0.168 e. The van der Waals surface area contributed by atoms with E-state index in [1.165, 1.54) is 19.2 Å². The fourth-order valence-corrected chi connectivity index (χ4v) is 1.01. The average molecular weight is 193 g/mol. The third kappa shape index (κ3) is 2.58. The first kappa shape index (κ1) is 10.2. The maximum absolute atomic E-state index is 11.2. The Labute approximate surface area is 81.1 Å². The van der Waals surface area contributed by atoms with E-state index in [1.54, 1.807) is 12.1 Å². The maximum atomic E-state index is 11.2. The van der Waals surface area contributed by atoms with E-state index in [9.17, 15) is 14.7 Å². The van der Waals surface area contributed by atoms with Crippen LogP contribution in [0, 0.1) is 0 Å². The van der Waals surface area contributed by atoms with Gasteiger partial charge in [0.2, 0.25) is 0 Å². The molecule has 0 fully saturated rings. The zero-order valence-corrected chi connectivity index (χ0v) is 7.65. The Kier molecular flexibility index (Phi) is 3.23. The highest BCUT2D eigenvalue weighted by molar-refractivity contribution is 6.05. The van der Waals surface area contributed by atoms with Crippen LogP contribution in [-0.2, 0) is 4.79 Å². The molecule has 0 saturated carbocycles. The molecule has 4 heteroatoms. The van der Waals surface area contributed by atoms with E-state index in [0.29, 0.717) is 11.3 Å². The number of ketones is 1. The SMILES string of the molecule is COc1ccc(C(=O)CC(=O)[O-])cc1. The monoisotopic (exact) mass is 193 g/mol. The summed E-state index contributed by atoms with van der Waals surface area (Å²) in [6.45, 7) is 0. The number of ether oxygens (including phenoxy) is 1. The number of rotatable bonds is 4. The van der Waals surface area contributed by atoms with Crippen LogP contribution in [-0.4, -0.2) is 18.9 Å². The Morgan fingerprint density at radius 3 is 2.29 bits per heavy atom. The van der Waals surface area contributed by atoms with Crippen LogP contribution in [0.4, 0.5) is 0 Å². The van der Waals surface area contributed by atoms with E-state index in [2.05, 4.69) is 0 Å². The molecule has 0 N–H and O–H groups in total. The number of carboxylic acids is 1. The van der Waals surface area contributed by atoms with Crippen molar-refractivity contribution in [3.05, 3.63) is 29.8 Å². The topological polar surface area (TPSA) is 66.4 Å². The van der Waals surface area contributed by atoms with Gasteiger partial charge >= 0.3 is 0 Å². The lowest BCUT2D eigenvalue weighted by Crippen LogP contribution is -2.25. The summed E-state index contributed by atoms with van der Waals surface area (Å²) in [4.78, 5) is 21.3. The van der Waals surface area contributed by atoms with Crippen molar-refractivity contribution in [3.63, 3.8) is 0 Å². The third-order valence-corrected chi connectivity index (χ3v) is 1.72. The molecule has 0 aliphatic rings. The predicted octanol–water partition coefficient (Wildman–Crippen LogP) is 0.0179. The van der Waals surface area contributed by atoms with E-state index >= 15 is 0 Å². The molecule has 1 rings (SSSR count). The summed E-state index contributed by atoms with van der Waals surface area (Å²) in [6, 6.07) is 6.24. The largest absolute Gasteiger partial charge is 0.550 e. The lowest BCUT2D eigenvalue weighted by atomic mass is 10.1. The van der Waals surface area contributed by atoms with Crippen LogP contribution in [0.3, 0.4) is 0 Å². The van der Waals surface area contributed by atoms with Gasteiger partial charge in [0.25, 0.3) is 0 Å². The molecule has 74 valence electrons. The Morgan fingerprint density at radius 1 is 1.29 bits per heavy atom. The highest BCUT2D eigenvalue weighted by atomic mass is 16.5. The van der Waals surface area contributed by atoms with Crippen molar-refractivity contribution >= 4 is 11.8 Å². The molecular formula is C10H9O4-. The Morgan fingerprint density at radius 2 is 1.86 bits per heavy atom. The van der Waals surface area contributed by atoms with Crippen LogP contribution < -0.4 is 9.84 Å². The van der Waals surface area contributed by atoms with Crippen LogP contribution >= 0.6 is 0 Å². The van der Waals surface area contributed by atoms with Gasteiger partial charge in [-0.15, -0.1) is 0 Å². The molecule has 14 heavy (non-hydrogen) atoms. The fraction of sp³-hybridized carbons (Fsp3) is 0.200. The number of carbonyl (C=O) groups is 2. The molecule has 0 aliphatic heterocycles. The van der Waals surface area contributed by atoms with Gasteiger partial charge < -0.3 is 14.6 Å². The van der Waals surface area contributed by atoms with E-state index in [-0.39, 0.29) is 0 Å². The lowest BCUT2D eigenvalue weighted by molar-refractivity contribution is -0.304. The molecule has 0 bridgehead atoms. The predicted molar refractivity (Wildman–Crippen MR) is 46.9 cm³/mol. The second-order valence-electron chi connectivity index (χ2n) is 2.70. The number of methoxy groups -OCH3 is 1. The molecule has 4 nitrogen and oxygen atoms in total. The summed E-state index contributed by atoms with van der Waals surface area (Å²) in [5.41, 5.74) is 0.343. The van der Waals surface area contributed by atoms with Crippen molar-refractivity contribution in [1.29, 1.82) is 0 Å². The molecule has 0 aliphatic carbocycles. The Bertz CT molecular complexity index is 340. The molecule has 0 aromatic heterocycles. The quantitative estimate of drug-likeness (QED) is 0.499. The zero-order chi connectivity index (χ0) is 10.6. The van der Waals surface area contributed by atoms with Gasteiger partial charge in [0.05, 0.1) is 13.5 Å². The van der Waals surface area contributed by atoms with Crippen molar-refractivity contribution in [1.82, 2.24) is 0 Å². The first-order chi connectivity index (χ1) is 6.63. The van der Waals surface area contributed by atoms with Crippen LogP contribution in [0.5, 0.6) is 5.75 Å². The first-order valence-electron chi connectivity index (χ1n) is 4.00. The highest BCUT2D eigenvalue weighted by Gasteiger charge is 2.05. The van der Waals surface area contributed by atoms with E-state index in [0.717, 1.165) is 0 Å². The first-order valence-corrected chi connectivity index (χ1v) is 4.00. The van der Waals surface area contributed by atoms with Gasteiger partial charge in [-0.2, -0.15) is 0 Å². The summed E-state index contributed by atoms with van der Waals surface area (Å²) in [5.74, 6) is -1.21. The molecule has 0 atom stereocenters. The number of benzene rings is 1. The number of carbonyl (C=O) groups excluding carboxylic acids is 2. The van der Waals surface area contributed by atoms with E-state index < -0.39 is 18.2 Å². The van der Waals surface area contributed by atoms with Crippen molar-refractivity contribution in [2.45, 2.75) is 6.42 Å². The number of hydrogen-bond acceptors (Lipinski definition) is 4. The summed E-state index contributed by atoms with van der Waals surface area (Å²) in [5, 5.41) is 10.1.